The molecule has 2 aromatic rings. The van der Waals surface area contributed by atoms with Crippen LogP contribution in [0.4, 0.5) is 0 Å². The number of phenols is 1. The molecule has 2 N–H and O–H groups in total. The van der Waals surface area contributed by atoms with E-state index >= 15 is 0 Å². The maximum atomic E-state index is 11.8. The van der Waals surface area contributed by atoms with Gasteiger partial charge in [-0.3, -0.25) is 4.79 Å². The molecule has 0 heterocycles. The maximum Gasteiger partial charge on any atom is 0.277 e. The van der Waals surface area contributed by atoms with Gasteiger partial charge in [-0.2, -0.15) is 5.10 Å². The highest BCUT2D eigenvalue weighted by Crippen LogP contribution is 2.25. The summed E-state index contributed by atoms with van der Waals surface area (Å²) in [5.74, 6) is 0.705. The van der Waals surface area contributed by atoms with Crippen LogP contribution in [0.3, 0.4) is 0 Å². The van der Waals surface area contributed by atoms with Crippen LogP contribution in [0.1, 0.15) is 11.1 Å². The van der Waals surface area contributed by atoms with Gasteiger partial charge in [-0.1, -0.05) is 30.3 Å². The minimum absolute atomic E-state index is 0.116. The molecule has 0 radical (unpaired) electrons. The van der Waals surface area contributed by atoms with Crippen molar-refractivity contribution in [2.75, 3.05) is 13.7 Å². The number of methoxy groups -OCH3 is 1. The molecule has 130 valence electrons. The number of ether oxygens (including phenoxy) is 2. The zero-order valence-corrected chi connectivity index (χ0v) is 13.9. The summed E-state index contributed by atoms with van der Waals surface area (Å²) in [5, 5.41) is 13.9. The van der Waals surface area contributed by atoms with Crippen molar-refractivity contribution < 1.29 is 19.4 Å². The molecule has 0 aromatic heterocycles. The second-order valence-corrected chi connectivity index (χ2v) is 5.08. The monoisotopic (exact) mass is 340 g/mol. The maximum absolute atomic E-state index is 11.8. The Morgan fingerprint density at radius 1 is 1.24 bits per heavy atom. The van der Waals surface area contributed by atoms with Gasteiger partial charge >= 0.3 is 0 Å². The molecule has 6 heteroatoms. The Morgan fingerprint density at radius 2 is 2.00 bits per heavy atom. The van der Waals surface area contributed by atoms with E-state index in [1.807, 2.05) is 6.07 Å². The first-order valence-electron chi connectivity index (χ1n) is 7.65. The van der Waals surface area contributed by atoms with E-state index < -0.39 is 5.91 Å². The zero-order valence-electron chi connectivity index (χ0n) is 13.9. The Morgan fingerprint density at radius 3 is 2.72 bits per heavy atom. The molecule has 0 bridgehead atoms. The molecule has 1 amide bonds. The SMILES string of the molecule is C=CCc1cccc(/C=N/NC(=O)COc2ccccc2OC)c1O. The molecule has 0 aliphatic rings. The Hall–Kier alpha value is -3.28. The third-order valence-corrected chi connectivity index (χ3v) is 3.34. The van der Waals surface area contributed by atoms with Crippen LogP contribution in [-0.2, 0) is 11.2 Å². The minimum atomic E-state index is -0.427. The third kappa shape index (κ3) is 5.10. The largest absolute Gasteiger partial charge is 0.507 e. The van der Waals surface area contributed by atoms with Gasteiger partial charge < -0.3 is 14.6 Å². The molecule has 6 nitrogen and oxygen atoms in total. The lowest BCUT2D eigenvalue weighted by molar-refractivity contribution is -0.123. The van der Waals surface area contributed by atoms with Crippen molar-refractivity contribution in [3.05, 3.63) is 66.2 Å². The predicted molar refractivity (Wildman–Crippen MR) is 96.2 cm³/mol. The molecule has 0 fully saturated rings. The lowest BCUT2D eigenvalue weighted by atomic mass is 10.1. The fourth-order valence-corrected chi connectivity index (χ4v) is 2.12. The summed E-state index contributed by atoms with van der Waals surface area (Å²) >= 11 is 0. The van der Waals surface area contributed by atoms with Crippen molar-refractivity contribution in [2.24, 2.45) is 5.10 Å². The highest BCUT2D eigenvalue weighted by atomic mass is 16.5. The molecule has 2 rings (SSSR count). The molecule has 0 saturated heterocycles. The lowest BCUT2D eigenvalue weighted by Crippen LogP contribution is -2.24. The van der Waals surface area contributed by atoms with E-state index in [0.717, 1.165) is 5.56 Å². The summed E-state index contributed by atoms with van der Waals surface area (Å²) < 4.78 is 10.5. The van der Waals surface area contributed by atoms with Crippen molar-refractivity contribution >= 4 is 12.1 Å². The zero-order chi connectivity index (χ0) is 18.1. The first-order chi connectivity index (χ1) is 12.2. The number of hydrogen-bond acceptors (Lipinski definition) is 5. The number of hydrazone groups is 1. The smallest absolute Gasteiger partial charge is 0.277 e. The van der Waals surface area contributed by atoms with Crippen LogP contribution < -0.4 is 14.9 Å². The Bertz CT molecular complexity index is 772. The number of benzene rings is 2. The molecule has 25 heavy (non-hydrogen) atoms. The number of phenolic OH excluding ortho intramolecular Hbond substituents is 1. The molecule has 0 aliphatic carbocycles. The molecule has 0 aliphatic heterocycles. The number of para-hydroxylation sites is 3. The van der Waals surface area contributed by atoms with Crippen LogP contribution >= 0.6 is 0 Å². The first-order valence-corrected chi connectivity index (χ1v) is 7.65. The summed E-state index contributed by atoms with van der Waals surface area (Å²) in [6.45, 7) is 3.44. The van der Waals surface area contributed by atoms with Crippen molar-refractivity contribution in [3.63, 3.8) is 0 Å². The topological polar surface area (TPSA) is 80.2 Å². The van der Waals surface area contributed by atoms with E-state index in [2.05, 4.69) is 17.1 Å². The highest BCUT2D eigenvalue weighted by Gasteiger charge is 2.07. The molecular weight excluding hydrogens is 320 g/mol. The minimum Gasteiger partial charge on any atom is -0.507 e. The van der Waals surface area contributed by atoms with Crippen molar-refractivity contribution in [2.45, 2.75) is 6.42 Å². The standard InChI is InChI=1S/C19H20N2O4/c1-3-7-14-8-6-9-15(19(14)23)12-20-21-18(22)13-25-17-11-5-4-10-16(17)24-2/h3-6,8-12,23H,1,7,13H2,2H3,(H,21,22)/b20-12+. The number of allylic oxidation sites excluding steroid dienone is 1. The number of nitrogens with zero attached hydrogens (tertiary/aromatic N) is 1. The predicted octanol–water partition coefficient (Wildman–Crippen LogP) is 2.66. The average Bonchev–Trinajstić information content (AvgIpc) is 2.63. The second kappa shape index (κ2) is 9.12. The summed E-state index contributed by atoms with van der Waals surface area (Å²) in [5.41, 5.74) is 3.60. The van der Waals surface area contributed by atoms with E-state index in [1.54, 1.807) is 42.5 Å². The number of nitrogens with one attached hydrogen (secondary N) is 1. The average molecular weight is 340 g/mol. The van der Waals surface area contributed by atoms with Gasteiger partial charge in [-0.25, -0.2) is 5.43 Å². The Labute approximate surface area is 146 Å². The van der Waals surface area contributed by atoms with Crippen LogP contribution in [0, 0.1) is 0 Å². The fraction of sp³-hybridized carbons (Fsp3) is 0.158. The quantitative estimate of drug-likeness (QED) is 0.440. The number of aromatic hydroxyl groups is 1. The Balaban J connectivity index is 1.90. The van der Waals surface area contributed by atoms with Crippen LogP contribution in [0.5, 0.6) is 17.2 Å². The highest BCUT2D eigenvalue weighted by molar-refractivity contribution is 5.86. The van der Waals surface area contributed by atoms with E-state index in [9.17, 15) is 9.90 Å². The Kier molecular flexibility index (Phi) is 6.59. The van der Waals surface area contributed by atoms with Gasteiger partial charge in [0.2, 0.25) is 0 Å². The summed E-state index contributed by atoms with van der Waals surface area (Å²) in [7, 11) is 1.53. The molecular formula is C19H20N2O4. The molecule has 2 aromatic carbocycles. The summed E-state index contributed by atoms with van der Waals surface area (Å²) in [6.07, 6.45) is 3.63. The van der Waals surface area contributed by atoms with Crippen molar-refractivity contribution in [1.29, 1.82) is 0 Å². The fourth-order valence-electron chi connectivity index (χ4n) is 2.12. The van der Waals surface area contributed by atoms with Crippen LogP contribution in [-0.4, -0.2) is 30.9 Å². The van der Waals surface area contributed by atoms with Gasteiger partial charge in [0, 0.05) is 5.56 Å². The summed E-state index contributed by atoms with van der Waals surface area (Å²) in [4.78, 5) is 11.8. The van der Waals surface area contributed by atoms with E-state index in [4.69, 9.17) is 9.47 Å². The second-order valence-electron chi connectivity index (χ2n) is 5.08. The first kappa shape index (κ1) is 18.1. The number of rotatable bonds is 8. The molecule has 0 spiro atoms. The normalized spacial score (nSPS) is 10.4. The van der Waals surface area contributed by atoms with Gasteiger partial charge in [-0.15, -0.1) is 6.58 Å². The van der Waals surface area contributed by atoms with Gasteiger partial charge in [0.1, 0.15) is 5.75 Å². The van der Waals surface area contributed by atoms with E-state index in [-0.39, 0.29) is 12.4 Å². The van der Waals surface area contributed by atoms with Gasteiger partial charge in [0.05, 0.1) is 13.3 Å². The van der Waals surface area contributed by atoms with E-state index in [1.165, 1.54) is 13.3 Å². The van der Waals surface area contributed by atoms with Gasteiger partial charge in [-0.05, 0) is 30.2 Å². The number of carbonyl (C=O) groups is 1. The summed E-state index contributed by atoms with van der Waals surface area (Å²) in [6, 6.07) is 12.3. The lowest BCUT2D eigenvalue weighted by Gasteiger charge is -2.09. The van der Waals surface area contributed by atoms with Gasteiger partial charge in [0.25, 0.3) is 5.91 Å². The van der Waals surface area contributed by atoms with Crippen molar-refractivity contribution in [3.8, 4) is 17.2 Å². The molecule has 0 saturated carbocycles. The third-order valence-electron chi connectivity index (χ3n) is 3.34. The van der Waals surface area contributed by atoms with E-state index in [0.29, 0.717) is 23.5 Å². The number of hydrogen-bond donors (Lipinski definition) is 2. The molecule has 0 unspecified atom stereocenters. The van der Waals surface area contributed by atoms with Gasteiger partial charge in [0.15, 0.2) is 18.1 Å². The number of amides is 1. The van der Waals surface area contributed by atoms with Crippen LogP contribution in [0.15, 0.2) is 60.2 Å². The van der Waals surface area contributed by atoms with Crippen LogP contribution in [0.2, 0.25) is 0 Å². The van der Waals surface area contributed by atoms with Crippen LogP contribution in [0.25, 0.3) is 0 Å². The number of carbonyl (C=O) groups excluding carboxylic acids is 1. The molecule has 0 atom stereocenters. The van der Waals surface area contributed by atoms with Crippen molar-refractivity contribution in [1.82, 2.24) is 5.43 Å².